The minimum absolute atomic E-state index is 0.670. The van der Waals surface area contributed by atoms with Crippen molar-refractivity contribution in [3.05, 3.63) is 35.4 Å². The molecule has 3 aliphatic rings. The second-order valence-corrected chi connectivity index (χ2v) is 9.39. The Labute approximate surface area is 149 Å². The lowest BCUT2D eigenvalue weighted by Crippen LogP contribution is -2.44. The van der Waals surface area contributed by atoms with Crippen molar-refractivity contribution >= 4 is 0 Å². The first-order valence-corrected chi connectivity index (χ1v) is 10.8. The molecule has 0 heteroatoms. The van der Waals surface area contributed by atoms with E-state index in [0.29, 0.717) is 5.41 Å². The lowest BCUT2D eigenvalue weighted by atomic mass is 9.51. The standard InChI is InChI=1S/C24H36/c1-3-4-5-6-11-19-17-24(2)16-9-13-22(24)21-15-14-18-10-7-8-12-20(18)23(19)21/h7-8,10,12,19,21-23H,3-6,9,11,13-17H2,1-2H3/t19-,21-,22-,23+,24-/m0/s1. The molecular weight excluding hydrogens is 288 g/mol. The fourth-order valence-electron chi connectivity index (χ4n) is 6.96. The van der Waals surface area contributed by atoms with Crippen LogP contribution in [0.3, 0.4) is 0 Å². The maximum absolute atomic E-state index is 2.65. The van der Waals surface area contributed by atoms with Gasteiger partial charge in [-0.3, -0.25) is 0 Å². The van der Waals surface area contributed by atoms with Crippen molar-refractivity contribution in [1.82, 2.24) is 0 Å². The Morgan fingerprint density at radius 1 is 1.08 bits per heavy atom. The number of unbranched alkanes of at least 4 members (excludes halogenated alkanes) is 3. The van der Waals surface area contributed by atoms with E-state index in [-0.39, 0.29) is 0 Å². The molecule has 4 rings (SSSR count). The van der Waals surface area contributed by atoms with Crippen molar-refractivity contribution in [2.45, 2.75) is 90.4 Å². The third-order valence-electron chi connectivity index (χ3n) is 7.96. The summed E-state index contributed by atoms with van der Waals surface area (Å²) in [4.78, 5) is 0. The molecule has 2 saturated carbocycles. The number of aryl methyl sites for hydroxylation is 1. The first-order chi connectivity index (χ1) is 11.7. The van der Waals surface area contributed by atoms with E-state index in [9.17, 15) is 0 Å². The van der Waals surface area contributed by atoms with E-state index in [1.165, 1.54) is 70.6 Å². The van der Waals surface area contributed by atoms with Crippen molar-refractivity contribution in [2.24, 2.45) is 23.2 Å². The topological polar surface area (TPSA) is 0 Å². The van der Waals surface area contributed by atoms with E-state index in [2.05, 4.69) is 38.1 Å². The summed E-state index contributed by atoms with van der Waals surface area (Å²) in [6, 6.07) is 9.47. The summed E-state index contributed by atoms with van der Waals surface area (Å²) < 4.78 is 0. The van der Waals surface area contributed by atoms with Crippen molar-refractivity contribution in [3.8, 4) is 0 Å². The van der Waals surface area contributed by atoms with Crippen molar-refractivity contribution in [3.63, 3.8) is 0 Å². The smallest absolute Gasteiger partial charge is 0.00994 e. The van der Waals surface area contributed by atoms with Gasteiger partial charge in [-0.05, 0) is 78.7 Å². The van der Waals surface area contributed by atoms with Gasteiger partial charge in [-0.25, -0.2) is 0 Å². The molecule has 1 aromatic carbocycles. The first-order valence-electron chi connectivity index (χ1n) is 10.8. The highest BCUT2D eigenvalue weighted by atomic mass is 14.6. The summed E-state index contributed by atoms with van der Waals surface area (Å²) in [7, 11) is 0. The molecule has 2 fully saturated rings. The number of hydrogen-bond acceptors (Lipinski definition) is 0. The molecular formula is C24H36. The largest absolute Gasteiger partial charge is 0.0654 e. The third-order valence-corrected chi connectivity index (χ3v) is 7.96. The number of hydrogen-bond donors (Lipinski definition) is 0. The van der Waals surface area contributed by atoms with Crippen LogP contribution in [0.25, 0.3) is 0 Å². The van der Waals surface area contributed by atoms with Gasteiger partial charge in [-0.1, -0.05) is 70.2 Å². The zero-order chi connectivity index (χ0) is 16.6. The summed E-state index contributed by atoms with van der Waals surface area (Å²) in [5, 5.41) is 0. The van der Waals surface area contributed by atoms with Crippen LogP contribution in [0.5, 0.6) is 0 Å². The lowest BCUT2D eigenvalue weighted by Gasteiger charge is -2.53. The summed E-state index contributed by atoms with van der Waals surface area (Å²) in [5.41, 5.74) is 4.10. The molecule has 1 aromatic rings. The van der Waals surface area contributed by atoms with Crippen LogP contribution in [0.15, 0.2) is 24.3 Å². The van der Waals surface area contributed by atoms with Gasteiger partial charge in [0, 0.05) is 0 Å². The molecule has 0 N–H and O–H groups in total. The van der Waals surface area contributed by atoms with Crippen LogP contribution in [0.4, 0.5) is 0 Å². The summed E-state index contributed by atoms with van der Waals surface area (Å²) in [6.07, 6.45) is 16.0. The van der Waals surface area contributed by atoms with Crippen molar-refractivity contribution in [2.75, 3.05) is 0 Å². The Hall–Kier alpha value is -0.780. The van der Waals surface area contributed by atoms with E-state index in [4.69, 9.17) is 0 Å². The fraction of sp³-hybridized carbons (Fsp3) is 0.750. The van der Waals surface area contributed by atoms with Gasteiger partial charge in [-0.15, -0.1) is 0 Å². The molecule has 0 amide bonds. The average molecular weight is 325 g/mol. The Morgan fingerprint density at radius 2 is 1.96 bits per heavy atom. The molecule has 0 unspecified atom stereocenters. The molecule has 0 nitrogen and oxygen atoms in total. The average Bonchev–Trinajstić information content (AvgIpc) is 2.99. The van der Waals surface area contributed by atoms with Crippen LogP contribution in [0, 0.1) is 23.2 Å². The summed E-state index contributed by atoms with van der Waals surface area (Å²) >= 11 is 0. The number of benzene rings is 1. The van der Waals surface area contributed by atoms with Crippen LogP contribution in [-0.4, -0.2) is 0 Å². The number of fused-ring (bicyclic) bond motifs is 5. The van der Waals surface area contributed by atoms with Gasteiger partial charge in [0.1, 0.15) is 0 Å². The quantitative estimate of drug-likeness (QED) is 0.505. The predicted octanol–water partition coefficient (Wildman–Crippen LogP) is 7.13. The van der Waals surface area contributed by atoms with Crippen LogP contribution < -0.4 is 0 Å². The molecule has 0 heterocycles. The van der Waals surface area contributed by atoms with Gasteiger partial charge in [0.25, 0.3) is 0 Å². The van der Waals surface area contributed by atoms with Gasteiger partial charge in [0.05, 0.1) is 0 Å². The highest BCUT2D eigenvalue weighted by Gasteiger charge is 2.53. The second-order valence-electron chi connectivity index (χ2n) is 9.39. The Bertz CT molecular complexity index is 559. The van der Waals surface area contributed by atoms with Gasteiger partial charge in [0.15, 0.2) is 0 Å². The minimum atomic E-state index is 0.670. The SMILES string of the molecule is CCCCCC[C@H]1C[C@]2(C)CCC[C@H]2[C@@H]2CCc3ccccc3[C@@H]12. The normalized spacial score (nSPS) is 37.6. The Kier molecular flexibility index (Phi) is 4.76. The van der Waals surface area contributed by atoms with E-state index in [1.54, 1.807) is 11.1 Å². The van der Waals surface area contributed by atoms with Crippen LogP contribution in [-0.2, 0) is 6.42 Å². The lowest BCUT2D eigenvalue weighted by molar-refractivity contribution is 0.0135. The van der Waals surface area contributed by atoms with Gasteiger partial charge >= 0.3 is 0 Å². The van der Waals surface area contributed by atoms with Gasteiger partial charge in [0.2, 0.25) is 0 Å². The van der Waals surface area contributed by atoms with E-state index in [1.807, 2.05) is 0 Å². The zero-order valence-corrected chi connectivity index (χ0v) is 15.9. The zero-order valence-electron chi connectivity index (χ0n) is 15.9. The highest BCUT2D eigenvalue weighted by molar-refractivity contribution is 5.35. The van der Waals surface area contributed by atoms with Crippen molar-refractivity contribution in [1.29, 1.82) is 0 Å². The molecule has 0 saturated heterocycles. The first kappa shape index (κ1) is 16.7. The maximum atomic E-state index is 2.65. The van der Waals surface area contributed by atoms with E-state index >= 15 is 0 Å². The van der Waals surface area contributed by atoms with Crippen molar-refractivity contribution < 1.29 is 0 Å². The van der Waals surface area contributed by atoms with Crippen LogP contribution in [0.2, 0.25) is 0 Å². The molecule has 0 aliphatic heterocycles. The predicted molar refractivity (Wildman–Crippen MR) is 103 cm³/mol. The Morgan fingerprint density at radius 3 is 2.83 bits per heavy atom. The molecule has 132 valence electrons. The molecule has 0 radical (unpaired) electrons. The summed E-state index contributed by atoms with van der Waals surface area (Å²) in [6.45, 7) is 4.98. The molecule has 0 aromatic heterocycles. The second kappa shape index (κ2) is 6.85. The Balaban J connectivity index is 1.61. The van der Waals surface area contributed by atoms with Crippen LogP contribution in [0.1, 0.15) is 95.1 Å². The fourth-order valence-corrected chi connectivity index (χ4v) is 6.96. The van der Waals surface area contributed by atoms with E-state index < -0.39 is 0 Å². The maximum Gasteiger partial charge on any atom is -0.00994 e. The molecule has 0 bridgehead atoms. The van der Waals surface area contributed by atoms with E-state index in [0.717, 1.165) is 23.7 Å². The van der Waals surface area contributed by atoms with Crippen LogP contribution >= 0.6 is 0 Å². The monoisotopic (exact) mass is 324 g/mol. The minimum Gasteiger partial charge on any atom is -0.0654 e. The highest BCUT2D eigenvalue weighted by Crippen LogP contribution is 2.63. The third kappa shape index (κ3) is 2.85. The molecule has 3 aliphatic carbocycles. The molecule has 24 heavy (non-hydrogen) atoms. The number of rotatable bonds is 5. The summed E-state index contributed by atoms with van der Waals surface area (Å²) in [5.74, 6) is 3.83. The molecule has 0 spiro atoms. The van der Waals surface area contributed by atoms with Gasteiger partial charge < -0.3 is 0 Å². The molecule has 5 atom stereocenters. The van der Waals surface area contributed by atoms with Gasteiger partial charge in [-0.2, -0.15) is 0 Å².